The number of hydrogen-bond donors (Lipinski definition) is 1. The molecule has 1 N–H and O–H groups in total. The highest BCUT2D eigenvalue weighted by molar-refractivity contribution is 7.92. The van der Waals surface area contributed by atoms with Crippen LogP contribution in [0.5, 0.6) is 11.5 Å². The van der Waals surface area contributed by atoms with Gasteiger partial charge >= 0.3 is 0 Å². The zero-order valence-corrected chi connectivity index (χ0v) is 26.2. The van der Waals surface area contributed by atoms with E-state index < -0.39 is 34.1 Å². The van der Waals surface area contributed by atoms with Crippen LogP contribution in [0.4, 0.5) is 5.69 Å². The van der Waals surface area contributed by atoms with Crippen LogP contribution in [0.1, 0.15) is 37.5 Å². The molecule has 0 aromatic heterocycles. The molecule has 3 aromatic rings. The predicted octanol–water partition coefficient (Wildman–Crippen LogP) is 4.33. The van der Waals surface area contributed by atoms with Crippen molar-refractivity contribution in [2.75, 3.05) is 31.3 Å². The summed E-state index contributed by atoms with van der Waals surface area (Å²) in [7, 11) is -0.988. The number of methoxy groups -OCH3 is 2. The van der Waals surface area contributed by atoms with Gasteiger partial charge in [-0.2, -0.15) is 0 Å². The third-order valence-corrected chi connectivity index (χ3v) is 7.85. The number of ether oxygens (including phenoxy) is 2. The van der Waals surface area contributed by atoms with Gasteiger partial charge < -0.3 is 19.7 Å². The second kappa shape index (κ2) is 13.7. The van der Waals surface area contributed by atoms with Gasteiger partial charge in [-0.05, 0) is 56.5 Å². The highest BCUT2D eigenvalue weighted by Gasteiger charge is 2.34. The highest BCUT2D eigenvalue weighted by Crippen LogP contribution is 2.32. The van der Waals surface area contributed by atoms with E-state index in [2.05, 4.69) is 5.32 Å². The van der Waals surface area contributed by atoms with Gasteiger partial charge in [-0.3, -0.25) is 13.9 Å². The topological polar surface area (TPSA) is 105 Å². The number of nitrogens with one attached hydrogen (secondary N) is 1. The van der Waals surface area contributed by atoms with Crippen LogP contribution >= 0.6 is 0 Å². The van der Waals surface area contributed by atoms with Crippen LogP contribution in [0.2, 0.25) is 0 Å². The van der Waals surface area contributed by atoms with Crippen molar-refractivity contribution in [1.29, 1.82) is 0 Å². The number of hydrogen-bond acceptors (Lipinski definition) is 6. The molecule has 10 heteroatoms. The van der Waals surface area contributed by atoms with Gasteiger partial charge in [0.25, 0.3) is 0 Å². The van der Waals surface area contributed by atoms with Crippen LogP contribution in [0.25, 0.3) is 0 Å². The SMILES string of the molecule is COc1ccc(N(CC(=O)N(Cc2ccccc2C)[C@@H](Cc2ccccc2)C(=O)NC(C)(C)C)S(C)(=O)=O)cc1OC. The van der Waals surface area contributed by atoms with Gasteiger partial charge in [-0.15, -0.1) is 0 Å². The van der Waals surface area contributed by atoms with Crippen LogP contribution in [-0.2, 0) is 32.6 Å². The first-order chi connectivity index (χ1) is 19.7. The molecule has 226 valence electrons. The first-order valence-electron chi connectivity index (χ1n) is 13.6. The third kappa shape index (κ3) is 8.72. The molecule has 0 aliphatic rings. The summed E-state index contributed by atoms with van der Waals surface area (Å²) < 4.78 is 37.8. The van der Waals surface area contributed by atoms with E-state index in [1.54, 1.807) is 12.1 Å². The first-order valence-corrected chi connectivity index (χ1v) is 15.5. The lowest BCUT2D eigenvalue weighted by Crippen LogP contribution is -2.56. The Balaban J connectivity index is 2.11. The summed E-state index contributed by atoms with van der Waals surface area (Å²) in [6, 6.07) is 20.8. The molecule has 3 rings (SSSR count). The number of aryl methyl sites for hydroxylation is 1. The van der Waals surface area contributed by atoms with Gasteiger partial charge in [-0.1, -0.05) is 54.6 Å². The van der Waals surface area contributed by atoms with E-state index in [4.69, 9.17) is 9.47 Å². The number of carbonyl (C=O) groups is 2. The lowest BCUT2D eigenvalue weighted by Gasteiger charge is -2.35. The van der Waals surface area contributed by atoms with Gasteiger partial charge in [0.05, 0.1) is 26.2 Å². The van der Waals surface area contributed by atoms with Crippen molar-refractivity contribution in [2.45, 2.75) is 52.2 Å². The molecular formula is C32H41N3O6S. The van der Waals surface area contributed by atoms with E-state index in [0.29, 0.717) is 11.5 Å². The average Bonchev–Trinajstić information content (AvgIpc) is 2.93. The molecule has 0 bridgehead atoms. The summed E-state index contributed by atoms with van der Waals surface area (Å²) in [5, 5.41) is 3.02. The Bertz CT molecular complexity index is 1490. The van der Waals surface area contributed by atoms with E-state index in [-0.39, 0.29) is 24.6 Å². The average molecular weight is 596 g/mol. The second-order valence-electron chi connectivity index (χ2n) is 11.2. The van der Waals surface area contributed by atoms with Gasteiger partial charge in [0.1, 0.15) is 12.6 Å². The van der Waals surface area contributed by atoms with E-state index >= 15 is 0 Å². The Hall–Kier alpha value is -4.05. The Morgan fingerprint density at radius 1 is 0.905 bits per heavy atom. The Kier molecular flexibility index (Phi) is 10.6. The second-order valence-corrected chi connectivity index (χ2v) is 13.1. The highest BCUT2D eigenvalue weighted by atomic mass is 32.2. The molecule has 0 aliphatic heterocycles. The minimum absolute atomic E-state index is 0.115. The lowest BCUT2D eigenvalue weighted by atomic mass is 10.00. The zero-order valence-electron chi connectivity index (χ0n) is 25.4. The van der Waals surface area contributed by atoms with Crippen LogP contribution in [-0.4, -0.2) is 63.7 Å². The summed E-state index contributed by atoms with van der Waals surface area (Å²) in [5.74, 6) is -0.114. The monoisotopic (exact) mass is 595 g/mol. The number of rotatable bonds is 12. The number of nitrogens with zero attached hydrogens (tertiary/aromatic N) is 2. The lowest BCUT2D eigenvalue weighted by molar-refractivity contribution is -0.140. The number of carbonyl (C=O) groups excluding carboxylic acids is 2. The molecule has 0 saturated carbocycles. The Morgan fingerprint density at radius 3 is 2.10 bits per heavy atom. The molecule has 9 nitrogen and oxygen atoms in total. The minimum atomic E-state index is -3.92. The number of sulfonamides is 1. The normalized spacial score (nSPS) is 12.3. The van der Waals surface area contributed by atoms with Crippen molar-refractivity contribution in [1.82, 2.24) is 10.2 Å². The molecule has 2 amide bonds. The molecule has 0 spiro atoms. The number of amides is 2. The molecule has 3 aromatic carbocycles. The maximum atomic E-state index is 14.3. The molecule has 42 heavy (non-hydrogen) atoms. The van der Waals surface area contributed by atoms with Crippen molar-refractivity contribution < 1.29 is 27.5 Å². The number of anilines is 1. The number of benzene rings is 3. The van der Waals surface area contributed by atoms with Crippen LogP contribution < -0.4 is 19.1 Å². The maximum absolute atomic E-state index is 14.3. The van der Waals surface area contributed by atoms with Gasteiger partial charge in [-0.25, -0.2) is 8.42 Å². The Morgan fingerprint density at radius 2 is 1.52 bits per heavy atom. The first kappa shape index (κ1) is 32.5. The summed E-state index contributed by atoms with van der Waals surface area (Å²) >= 11 is 0. The zero-order chi connectivity index (χ0) is 31.1. The molecular weight excluding hydrogens is 554 g/mol. The van der Waals surface area contributed by atoms with Crippen molar-refractivity contribution in [3.05, 3.63) is 89.5 Å². The van der Waals surface area contributed by atoms with Gasteiger partial charge in [0.2, 0.25) is 21.8 Å². The molecule has 0 unspecified atom stereocenters. The molecule has 0 fully saturated rings. The largest absolute Gasteiger partial charge is 0.493 e. The van der Waals surface area contributed by atoms with Crippen molar-refractivity contribution >= 4 is 27.5 Å². The predicted molar refractivity (Wildman–Crippen MR) is 165 cm³/mol. The molecule has 1 atom stereocenters. The molecule has 0 saturated heterocycles. The summed E-state index contributed by atoms with van der Waals surface area (Å²) in [6.45, 7) is 7.16. The van der Waals surface area contributed by atoms with Gasteiger partial charge in [0, 0.05) is 24.6 Å². The molecule has 0 aliphatic carbocycles. The third-order valence-electron chi connectivity index (χ3n) is 6.71. The summed E-state index contributed by atoms with van der Waals surface area (Å²) in [5.41, 5.74) is 2.35. The van der Waals surface area contributed by atoms with Crippen molar-refractivity contribution in [3.8, 4) is 11.5 Å². The van der Waals surface area contributed by atoms with Crippen molar-refractivity contribution in [2.24, 2.45) is 0 Å². The van der Waals surface area contributed by atoms with E-state index in [0.717, 1.165) is 27.3 Å². The van der Waals surface area contributed by atoms with E-state index in [1.165, 1.54) is 25.2 Å². The fraction of sp³-hybridized carbons (Fsp3) is 0.375. The maximum Gasteiger partial charge on any atom is 0.244 e. The van der Waals surface area contributed by atoms with Crippen molar-refractivity contribution in [3.63, 3.8) is 0 Å². The van der Waals surface area contributed by atoms with Crippen LogP contribution in [0.15, 0.2) is 72.8 Å². The molecule has 0 heterocycles. The standard InChI is InChI=1S/C32H41N3O6S/c1-23-13-11-12-16-25(23)21-34(27(31(37)33-32(2,3)4)19-24-14-9-8-10-15-24)30(36)22-35(42(7,38)39)26-17-18-28(40-5)29(20-26)41-6/h8-18,20,27H,19,21-22H2,1-7H3,(H,33,37)/t27-/m0/s1. The Labute approximate surface area is 249 Å². The fourth-order valence-electron chi connectivity index (χ4n) is 4.57. The fourth-order valence-corrected chi connectivity index (χ4v) is 5.41. The summed E-state index contributed by atoms with van der Waals surface area (Å²) in [6.07, 6.45) is 1.28. The smallest absolute Gasteiger partial charge is 0.244 e. The quantitative estimate of drug-likeness (QED) is 0.334. The van der Waals surface area contributed by atoms with E-state index in [9.17, 15) is 18.0 Å². The van der Waals surface area contributed by atoms with Crippen LogP contribution in [0.3, 0.4) is 0 Å². The van der Waals surface area contributed by atoms with Crippen LogP contribution in [0, 0.1) is 6.92 Å². The van der Waals surface area contributed by atoms with Gasteiger partial charge in [0.15, 0.2) is 11.5 Å². The minimum Gasteiger partial charge on any atom is -0.493 e. The summed E-state index contributed by atoms with van der Waals surface area (Å²) in [4.78, 5) is 29.6. The van der Waals surface area contributed by atoms with E-state index in [1.807, 2.05) is 82.3 Å². The molecule has 0 radical (unpaired) electrons.